The molecule has 17 N–H and O–H groups in total. The number of carbonyl (C=O) groups is 3. The molecule has 0 spiro atoms. The van der Waals surface area contributed by atoms with Crippen LogP contribution in [-0.4, -0.2) is 402 Å². The van der Waals surface area contributed by atoms with Gasteiger partial charge >= 0.3 is 11.9 Å². The minimum atomic E-state index is -1.62. The molecule has 20 atom stereocenters. The molecule has 0 bridgehead atoms. The molecule has 4 saturated heterocycles. The van der Waals surface area contributed by atoms with E-state index in [0.717, 1.165) is 17.5 Å². The third-order valence-corrected chi connectivity index (χ3v) is 19.4. The van der Waals surface area contributed by atoms with Gasteiger partial charge in [-0.05, 0) is 50.6 Å². The second kappa shape index (κ2) is 45.8. The Labute approximate surface area is 554 Å². The van der Waals surface area contributed by atoms with Gasteiger partial charge in [0.1, 0.15) is 109 Å². The lowest BCUT2D eigenvalue weighted by atomic mass is 9.97. The van der Waals surface area contributed by atoms with Gasteiger partial charge in [0.25, 0.3) is 0 Å². The Morgan fingerprint density at radius 1 is 0.543 bits per heavy atom. The standard InChI is InChI=1S/C55H103N7O26S4/c1-60(11-12-61(2)25-38(65)66)13-14-62(26-39(67)68)24-37(64)59-10-23-91-20-6-15-80-49-45(74)42(71)34(85-52(49)79-4)29-83-54-51(81-16-5-18-89-21-8-56)47(76)43(72)35(87-54)30-84-53-50(46(75)41(70)33(86-53)28-78-3)82-17-7-19-90-22-9-58-36(57)31-92-55-48(77)44(73)40(69)32(27-63)88-55/h32-35,40-55,63,69-77H,5-31,56H2,1-4H3,(H2,57,58)(H,59,64)(H,65,66)(H,67,68)/t32?,33?,34?,35?,40?,41-,42-,43-,44-,45+,46+,47+,48-,49?,50?,51?,52+,53+,54+,55-/m1/s1. The molecule has 0 aromatic carbocycles. The molecule has 0 aromatic rings. The van der Waals surface area contributed by atoms with Crippen LogP contribution in [0.4, 0.5) is 0 Å². The number of thioether (sulfide) groups is 4. The maximum absolute atomic E-state index is 12.7. The van der Waals surface area contributed by atoms with Crippen molar-refractivity contribution in [3.05, 3.63) is 0 Å². The predicted octanol–water partition coefficient (Wildman–Crippen LogP) is -6.52. The largest absolute Gasteiger partial charge is 0.480 e. The summed E-state index contributed by atoms with van der Waals surface area (Å²) in [7, 11) is 6.25. The van der Waals surface area contributed by atoms with Crippen LogP contribution >= 0.6 is 47.0 Å². The molecule has 33 nitrogen and oxygen atoms in total. The number of hydrogen-bond donors (Lipinski definition) is 15. The highest BCUT2D eigenvalue weighted by Gasteiger charge is 2.51. The van der Waals surface area contributed by atoms with Crippen molar-refractivity contribution in [2.24, 2.45) is 16.5 Å². The van der Waals surface area contributed by atoms with E-state index >= 15 is 0 Å². The highest BCUT2D eigenvalue weighted by atomic mass is 32.2. The third-order valence-electron chi connectivity index (χ3n) is 15.0. The number of carbonyl (C=O) groups excluding carboxylic acids is 1. The van der Waals surface area contributed by atoms with Crippen molar-refractivity contribution in [2.75, 3.05) is 180 Å². The Hall–Kier alpha value is -1.72. The molecule has 4 aliphatic rings. The van der Waals surface area contributed by atoms with Crippen molar-refractivity contribution >= 4 is 70.7 Å². The van der Waals surface area contributed by atoms with Gasteiger partial charge in [-0.2, -0.15) is 35.3 Å². The average molecular weight is 1410 g/mol. The van der Waals surface area contributed by atoms with Gasteiger partial charge in [0, 0.05) is 97.1 Å². The summed E-state index contributed by atoms with van der Waals surface area (Å²) in [6, 6.07) is 0. The Bertz CT molecular complexity index is 2070. The SMILES string of the molecule is COCC1O[C@H](OCC2O[C@H](OCC3O[C@H](OC)C(OCCCSCCNC(=O)CN(CCN(C)CCN(C)CC(=O)O)CC(=O)O)[C@@H](O)[C@@H]3O)C(OCCCSCCN)[C@@H](O)[C@@H]2O)C(OCCCSCCN=C(N)CS[C@H]2OC(CO)C(O)[C@@H](O)[C@H]2O)[C@@H](O)[C@@H]1O. The van der Waals surface area contributed by atoms with Crippen LogP contribution in [0.25, 0.3) is 0 Å². The molecule has 4 fully saturated rings. The van der Waals surface area contributed by atoms with E-state index in [-0.39, 0.29) is 63.6 Å². The number of amides is 1. The summed E-state index contributed by atoms with van der Waals surface area (Å²) >= 11 is 5.75. The number of amidine groups is 1. The lowest BCUT2D eigenvalue weighted by Gasteiger charge is -2.45. The maximum atomic E-state index is 12.7. The number of nitrogens with zero attached hydrogens (tertiary/aromatic N) is 4. The van der Waals surface area contributed by atoms with Crippen LogP contribution in [0.1, 0.15) is 19.3 Å². The van der Waals surface area contributed by atoms with Crippen molar-refractivity contribution in [3.8, 4) is 0 Å². The summed E-state index contributed by atoms with van der Waals surface area (Å²) in [5.41, 5.74) is 10.8. The van der Waals surface area contributed by atoms with E-state index in [1.54, 1.807) is 35.5 Å². The Balaban J connectivity index is 1.26. The molecule has 8 unspecified atom stereocenters. The lowest BCUT2D eigenvalue weighted by molar-refractivity contribution is -0.348. The van der Waals surface area contributed by atoms with Crippen LogP contribution in [0.3, 0.4) is 0 Å². The van der Waals surface area contributed by atoms with Gasteiger partial charge in [0.15, 0.2) is 18.9 Å². The predicted molar refractivity (Wildman–Crippen MR) is 339 cm³/mol. The van der Waals surface area contributed by atoms with Crippen LogP contribution < -0.4 is 16.8 Å². The van der Waals surface area contributed by atoms with E-state index in [1.807, 2.05) is 11.9 Å². The van der Waals surface area contributed by atoms with Crippen molar-refractivity contribution in [3.63, 3.8) is 0 Å². The Morgan fingerprint density at radius 2 is 1.02 bits per heavy atom. The Morgan fingerprint density at radius 3 is 1.53 bits per heavy atom. The Kier molecular flexibility index (Phi) is 41.2. The number of carboxylic acid groups (broad SMARTS) is 2. The normalized spacial score (nSPS) is 32.2. The summed E-state index contributed by atoms with van der Waals surface area (Å²) in [6.45, 7) is 1.22. The van der Waals surface area contributed by atoms with Crippen LogP contribution in [0.5, 0.6) is 0 Å². The van der Waals surface area contributed by atoms with E-state index < -0.39 is 154 Å². The van der Waals surface area contributed by atoms with E-state index in [2.05, 4.69) is 10.3 Å². The fourth-order valence-corrected chi connectivity index (χ4v) is 13.1. The molecule has 4 aliphatic heterocycles. The van der Waals surface area contributed by atoms with Crippen molar-refractivity contribution < 1.29 is 128 Å². The number of ether oxygens (including phenoxy) is 11. The van der Waals surface area contributed by atoms with Crippen LogP contribution in [0.2, 0.25) is 0 Å². The molecular formula is C55H103N7O26S4. The van der Waals surface area contributed by atoms with Crippen LogP contribution in [0.15, 0.2) is 4.99 Å². The molecule has 4 rings (SSSR count). The van der Waals surface area contributed by atoms with E-state index in [1.165, 1.54) is 30.9 Å². The van der Waals surface area contributed by atoms with Gasteiger partial charge in [-0.1, -0.05) is 0 Å². The molecule has 0 saturated carbocycles. The first-order valence-electron chi connectivity index (χ1n) is 30.6. The van der Waals surface area contributed by atoms with Gasteiger partial charge in [0.05, 0.1) is 51.8 Å². The number of aliphatic hydroxyl groups excluding tert-OH is 10. The van der Waals surface area contributed by atoms with Crippen LogP contribution in [0, 0.1) is 0 Å². The van der Waals surface area contributed by atoms with Crippen molar-refractivity contribution in [2.45, 2.75) is 141 Å². The van der Waals surface area contributed by atoms with Gasteiger partial charge in [-0.25, -0.2) is 0 Å². The number of nitrogens with one attached hydrogen (secondary N) is 1. The minimum absolute atomic E-state index is 0.0922. The number of nitrogens with two attached hydrogens (primary N) is 2. The van der Waals surface area contributed by atoms with E-state index in [0.29, 0.717) is 93.8 Å². The van der Waals surface area contributed by atoms with Gasteiger partial charge in [0.2, 0.25) is 5.91 Å². The third kappa shape index (κ3) is 29.0. The minimum Gasteiger partial charge on any atom is -0.480 e. The topological polar surface area (TPSA) is 482 Å². The van der Waals surface area contributed by atoms with Gasteiger partial charge < -0.3 is 135 Å². The number of likely N-dealkylation sites (N-methyl/N-ethyl adjacent to an activating group) is 2. The number of aliphatic hydroxyl groups is 10. The summed E-state index contributed by atoms with van der Waals surface area (Å²) in [4.78, 5) is 44.6. The lowest BCUT2D eigenvalue weighted by Crippen LogP contribution is -2.63. The zero-order chi connectivity index (χ0) is 67.7. The maximum Gasteiger partial charge on any atom is 0.317 e. The second-order valence-corrected chi connectivity index (χ2v) is 27.2. The number of aliphatic carboxylic acids is 2. The fraction of sp³-hybridized carbons (Fsp3) is 0.927. The average Bonchev–Trinajstić information content (AvgIpc) is 0.868. The molecular weight excluding hydrogens is 1300 g/mol. The number of methoxy groups -OCH3 is 2. The van der Waals surface area contributed by atoms with Crippen molar-refractivity contribution in [1.29, 1.82) is 0 Å². The molecule has 37 heteroatoms. The first kappa shape index (κ1) is 82.7. The summed E-state index contributed by atoms with van der Waals surface area (Å²) in [5.74, 6) is 1.80. The molecule has 0 radical (unpaired) electrons. The number of aliphatic imine (C=N–C) groups is 1. The van der Waals surface area contributed by atoms with Gasteiger partial charge in [-0.3, -0.25) is 29.2 Å². The quantitative estimate of drug-likeness (QED) is 0.0153. The monoisotopic (exact) mass is 1410 g/mol. The zero-order valence-electron chi connectivity index (χ0n) is 52.8. The first-order chi connectivity index (χ1) is 44.0. The molecule has 92 heavy (non-hydrogen) atoms. The zero-order valence-corrected chi connectivity index (χ0v) is 56.1. The fourth-order valence-electron chi connectivity index (χ4n) is 9.87. The highest BCUT2D eigenvalue weighted by Crippen LogP contribution is 2.32. The van der Waals surface area contributed by atoms with Crippen LogP contribution in [-0.2, 0) is 66.5 Å². The number of rotatable bonds is 48. The molecule has 4 heterocycles. The van der Waals surface area contributed by atoms with Gasteiger partial charge in [-0.15, -0.1) is 11.8 Å². The summed E-state index contributed by atoms with van der Waals surface area (Å²) in [6.07, 6.45) is -24.3. The van der Waals surface area contributed by atoms with E-state index in [9.17, 15) is 70.6 Å². The summed E-state index contributed by atoms with van der Waals surface area (Å²) < 4.78 is 65.0. The summed E-state index contributed by atoms with van der Waals surface area (Å²) in [5, 5.41) is 129. The smallest absolute Gasteiger partial charge is 0.317 e. The molecule has 538 valence electrons. The molecule has 0 aliphatic carbocycles. The highest BCUT2D eigenvalue weighted by molar-refractivity contribution is 8.00. The number of carboxylic acids is 2. The first-order valence-corrected chi connectivity index (χ1v) is 35.1. The second-order valence-electron chi connectivity index (χ2n) is 22.4. The molecule has 1 amide bonds. The molecule has 0 aromatic heterocycles. The van der Waals surface area contributed by atoms with E-state index in [4.69, 9.17) is 68.7 Å². The van der Waals surface area contributed by atoms with Crippen molar-refractivity contribution in [1.82, 2.24) is 20.0 Å². The number of hydrogen-bond acceptors (Lipinski definition) is 33.